The van der Waals surface area contributed by atoms with E-state index in [0.29, 0.717) is 16.9 Å². The fourth-order valence-electron chi connectivity index (χ4n) is 5.44. The Balaban J connectivity index is 2.04. The molecule has 3 amide bonds. The van der Waals surface area contributed by atoms with E-state index in [9.17, 15) is 33.9 Å². The number of carbonyl (C=O) groups excluding carboxylic acids is 5. The topological polar surface area (TPSA) is 200 Å². The minimum Gasteiger partial charge on any atom is -0.479 e. The predicted molar refractivity (Wildman–Crippen MR) is 139 cm³/mol. The third-order valence-electron chi connectivity index (χ3n) is 7.45. The Kier molecular flexibility index (Phi) is 10.1. The van der Waals surface area contributed by atoms with Crippen molar-refractivity contribution in [3.63, 3.8) is 0 Å². The number of carboxylic acid groups (broad SMARTS) is 1. The zero-order valence-corrected chi connectivity index (χ0v) is 22.6. The molecule has 0 spiro atoms. The second-order valence-electron chi connectivity index (χ2n) is 10.00. The third kappa shape index (κ3) is 5.76. The van der Waals surface area contributed by atoms with Crippen LogP contribution in [-0.2, 0) is 40.1 Å². The highest BCUT2D eigenvalue weighted by Crippen LogP contribution is 2.43. The Labute approximate surface area is 231 Å². The molecule has 1 aromatic carbocycles. The number of hydrogen-bond donors (Lipinski definition) is 3. The van der Waals surface area contributed by atoms with Crippen LogP contribution in [0.1, 0.15) is 44.6 Å². The van der Waals surface area contributed by atoms with Gasteiger partial charge in [0.05, 0.1) is 12.0 Å². The monoisotopic (exact) mass is 560 g/mol. The molecule has 2 fully saturated rings. The zero-order valence-electron chi connectivity index (χ0n) is 22.6. The summed E-state index contributed by atoms with van der Waals surface area (Å²) >= 11 is 0. The molecule has 5 N–H and O–H groups in total. The van der Waals surface area contributed by atoms with E-state index in [1.807, 2.05) is 0 Å². The van der Waals surface area contributed by atoms with Gasteiger partial charge in [0, 0.05) is 20.1 Å². The first-order valence-corrected chi connectivity index (χ1v) is 13.2. The lowest BCUT2D eigenvalue weighted by Crippen LogP contribution is -2.70. The molecule has 3 rings (SSSR count). The Morgan fingerprint density at radius 3 is 2.42 bits per heavy atom. The second-order valence-corrected chi connectivity index (χ2v) is 10.00. The summed E-state index contributed by atoms with van der Waals surface area (Å²) in [6, 6.07) is 5.87. The molecular formula is C27H36N4O9. The van der Waals surface area contributed by atoms with Gasteiger partial charge in [-0.25, -0.2) is 14.5 Å². The van der Waals surface area contributed by atoms with E-state index < -0.39 is 65.1 Å². The van der Waals surface area contributed by atoms with Crippen LogP contribution < -0.4 is 11.5 Å². The molecule has 0 bridgehead atoms. The number of carboxylic acids is 1. The summed E-state index contributed by atoms with van der Waals surface area (Å²) < 4.78 is 10.5. The number of carbonyl (C=O) groups is 6. The minimum absolute atomic E-state index is 0.0751. The number of aliphatic carboxylic acids is 1. The number of methoxy groups -OCH3 is 1. The van der Waals surface area contributed by atoms with E-state index in [1.165, 1.54) is 14.0 Å². The lowest BCUT2D eigenvalue weighted by atomic mass is 9.70. The molecule has 0 aromatic heterocycles. The van der Waals surface area contributed by atoms with Gasteiger partial charge in [-0.1, -0.05) is 30.3 Å². The first-order valence-electron chi connectivity index (χ1n) is 13.2. The molecule has 40 heavy (non-hydrogen) atoms. The van der Waals surface area contributed by atoms with Gasteiger partial charge in [0.1, 0.15) is 24.5 Å². The fraction of sp³-hybridized carbons (Fsp3) is 0.556. The van der Waals surface area contributed by atoms with Gasteiger partial charge < -0.3 is 30.9 Å². The smallest absolute Gasteiger partial charge is 0.417 e. The standard InChI is InChI=1S/C27H36N4O9/c1-16(29)23(34)31(26(38)40-15-17-8-4-3-5-9-17)19(10-6-7-12-28)24(35)30-13-11-18-20(32)14-21(39-2)22(33)27(18,30)25(36)37/h3-5,8-9,16,18-19,21H,6-7,10-15,28-29H2,1-2H3,(H,36,37)/t16-,18?,19-,21?,27+/m0/s1. The largest absolute Gasteiger partial charge is 0.479 e. The fourth-order valence-corrected chi connectivity index (χ4v) is 5.44. The first kappa shape index (κ1) is 30.9. The summed E-state index contributed by atoms with van der Waals surface area (Å²) in [7, 11) is 1.17. The van der Waals surface area contributed by atoms with Gasteiger partial charge in [0.2, 0.25) is 17.4 Å². The normalized spacial score (nSPS) is 23.8. The molecule has 1 saturated carbocycles. The van der Waals surface area contributed by atoms with Crippen LogP contribution in [0.3, 0.4) is 0 Å². The average Bonchev–Trinajstić information content (AvgIpc) is 3.36. The molecule has 2 unspecified atom stereocenters. The average molecular weight is 561 g/mol. The van der Waals surface area contributed by atoms with Crippen LogP contribution in [0.2, 0.25) is 0 Å². The van der Waals surface area contributed by atoms with Crippen LogP contribution in [0.15, 0.2) is 30.3 Å². The number of likely N-dealkylation sites (tertiary alicyclic amines) is 1. The Morgan fingerprint density at radius 1 is 1.18 bits per heavy atom. The summed E-state index contributed by atoms with van der Waals surface area (Å²) in [5.41, 5.74) is 9.54. The lowest BCUT2D eigenvalue weighted by Gasteiger charge is -2.43. The van der Waals surface area contributed by atoms with E-state index in [-0.39, 0.29) is 45.4 Å². The van der Waals surface area contributed by atoms with Crippen LogP contribution in [-0.4, -0.2) is 94.3 Å². The van der Waals surface area contributed by atoms with Crippen LogP contribution in [0, 0.1) is 5.92 Å². The maximum Gasteiger partial charge on any atom is 0.417 e. The summed E-state index contributed by atoms with van der Waals surface area (Å²) in [6.07, 6.45) is -2.28. The van der Waals surface area contributed by atoms with E-state index in [1.54, 1.807) is 30.3 Å². The maximum atomic E-state index is 14.2. The van der Waals surface area contributed by atoms with Crippen molar-refractivity contribution in [1.82, 2.24) is 9.80 Å². The lowest BCUT2D eigenvalue weighted by molar-refractivity contribution is -0.175. The quantitative estimate of drug-likeness (QED) is 0.247. The van der Waals surface area contributed by atoms with E-state index in [0.717, 1.165) is 4.90 Å². The Bertz CT molecular complexity index is 1140. The van der Waals surface area contributed by atoms with Gasteiger partial charge in [0.25, 0.3) is 0 Å². The molecular weight excluding hydrogens is 524 g/mol. The highest BCUT2D eigenvalue weighted by Gasteiger charge is 2.68. The minimum atomic E-state index is -2.53. The number of nitrogens with zero attached hydrogens (tertiary/aromatic N) is 2. The second kappa shape index (κ2) is 13.1. The zero-order chi connectivity index (χ0) is 29.6. The number of Topliss-reactive ketones (excluding diaryl/α,β-unsaturated/α-hetero) is 2. The van der Waals surface area contributed by atoms with Crippen LogP contribution in [0.4, 0.5) is 4.79 Å². The predicted octanol–water partition coefficient (Wildman–Crippen LogP) is 0.225. The molecule has 1 aromatic rings. The van der Waals surface area contributed by atoms with E-state index in [2.05, 4.69) is 0 Å². The Hall–Kier alpha value is -3.68. The number of ketones is 2. The molecule has 0 radical (unpaired) electrons. The molecule has 1 aliphatic carbocycles. The van der Waals surface area contributed by atoms with Gasteiger partial charge in [-0.2, -0.15) is 0 Å². The number of fused-ring (bicyclic) bond motifs is 1. The van der Waals surface area contributed by atoms with E-state index >= 15 is 0 Å². The molecule has 5 atom stereocenters. The van der Waals surface area contributed by atoms with Crippen molar-refractivity contribution in [2.24, 2.45) is 17.4 Å². The van der Waals surface area contributed by atoms with Crippen LogP contribution in [0.5, 0.6) is 0 Å². The van der Waals surface area contributed by atoms with Crippen molar-refractivity contribution in [1.29, 1.82) is 0 Å². The molecule has 1 heterocycles. The molecule has 218 valence electrons. The van der Waals surface area contributed by atoms with Crippen LogP contribution in [0.25, 0.3) is 0 Å². The van der Waals surface area contributed by atoms with Crippen molar-refractivity contribution in [3.8, 4) is 0 Å². The number of rotatable bonds is 11. The molecule has 2 aliphatic rings. The molecule has 13 nitrogen and oxygen atoms in total. The SMILES string of the molecule is COC1CC(=O)C2CCN(C(=O)[C@H](CCCCN)N(C(=O)OCc3ccccc3)C(=O)[C@H](C)N)[C@@]2(C(=O)O)C1=O. The van der Waals surface area contributed by atoms with Crippen molar-refractivity contribution in [3.05, 3.63) is 35.9 Å². The van der Waals surface area contributed by atoms with Crippen molar-refractivity contribution in [2.45, 2.75) is 69.4 Å². The van der Waals surface area contributed by atoms with Gasteiger partial charge in [0.15, 0.2) is 5.78 Å². The molecule has 1 aliphatic heterocycles. The summed E-state index contributed by atoms with van der Waals surface area (Å²) in [4.78, 5) is 81.3. The van der Waals surface area contributed by atoms with E-state index in [4.69, 9.17) is 20.9 Å². The first-order chi connectivity index (χ1) is 19.0. The summed E-state index contributed by atoms with van der Waals surface area (Å²) in [5, 5.41) is 10.3. The molecule has 1 saturated heterocycles. The third-order valence-corrected chi connectivity index (χ3v) is 7.45. The number of nitrogens with two attached hydrogens (primary N) is 2. The van der Waals surface area contributed by atoms with Crippen molar-refractivity contribution < 1.29 is 43.3 Å². The van der Waals surface area contributed by atoms with Crippen LogP contribution >= 0.6 is 0 Å². The van der Waals surface area contributed by atoms with Gasteiger partial charge in [-0.3, -0.25) is 19.2 Å². The number of unbranched alkanes of at least 4 members (excludes halogenated alkanes) is 1. The number of imide groups is 1. The van der Waals surface area contributed by atoms with Crippen molar-refractivity contribution >= 4 is 35.4 Å². The number of hydrogen-bond acceptors (Lipinski definition) is 10. The Morgan fingerprint density at radius 2 is 1.85 bits per heavy atom. The van der Waals surface area contributed by atoms with Gasteiger partial charge in [-0.15, -0.1) is 0 Å². The highest BCUT2D eigenvalue weighted by molar-refractivity contribution is 6.19. The highest BCUT2D eigenvalue weighted by atomic mass is 16.6. The van der Waals surface area contributed by atoms with Gasteiger partial charge >= 0.3 is 12.1 Å². The molecule has 13 heteroatoms. The number of ether oxygens (including phenoxy) is 2. The maximum absolute atomic E-state index is 14.2. The summed E-state index contributed by atoms with van der Waals surface area (Å²) in [5.74, 6) is -6.33. The van der Waals surface area contributed by atoms with Crippen molar-refractivity contribution in [2.75, 3.05) is 20.2 Å². The number of benzene rings is 1. The van der Waals surface area contributed by atoms with Gasteiger partial charge in [-0.05, 0) is 44.7 Å². The summed E-state index contributed by atoms with van der Waals surface area (Å²) in [6.45, 7) is 1.13. The number of amides is 3.